The molecule has 4 nitrogen and oxygen atoms in total. The number of ether oxygens (including phenoxy) is 1. The van der Waals surface area contributed by atoms with E-state index in [1.807, 2.05) is 6.92 Å². The molecule has 1 N–H and O–H groups in total. The highest BCUT2D eigenvalue weighted by atomic mass is 32.2. The van der Waals surface area contributed by atoms with Crippen LogP contribution in [0.4, 0.5) is 0 Å². The van der Waals surface area contributed by atoms with Crippen LogP contribution in [-0.2, 0) is 21.3 Å². The van der Waals surface area contributed by atoms with Gasteiger partial charge in [0.15, 0.2) is 0 Å². The molecule has 0 amide bonds. The van der Waals surface area contributed by atoms with Crippen LogP contribution < -0.4 is 0 Å². The van der Waals surface area contributed by atoms with Crippen LogP contribution in [0.25, 0.3) is 0 Å². The molecule has 2 rings (SSSR count). The van der Waals surface area contributed by atoms with Crippen LogP contribution in [0.15, 0.2) is 23.1 Å². The lowest BCUT2D eigenvalue weighted by Gasteiger charge is -2.27. The Morgan fingerprint density at radius 2 is 2.19 bits per heavy atom. The van der Waals surface area contributed by atoms with E-state index < -0.39 is 10.1 Å². The van der Waals surface area contributed by atoms with E-state index in [0.717, 1.165) is 18.6 Å². The summed E-state index contributed by atoms with van der Waals surface area (Å²) in [5.41, 5.74) is 1.61. The molecule has 0 radical (unpaired) electrons. The lowest BCUT2D eigenvalue weighted by Crippen LogP contribution is -2.29. The summed E-state index contributed by atoms with van der Waals surface area (Å²) in [5, 5.41) is 0. The van der Waals surface area contributed by atoms with E-state index in [4.69, 9.17) is 9.29 Å². The average Bonchev–Trinajstić information content (AvgIpc) is 2.09. The summed E-state index contributed by atoms with van der Waals surface area (Å²) >= 11 is 0. The van der Waals surface area contributed by atoms with Gasteiger partial charge in [-0.25, -0.2) is 0 Å². The first kappa shape index (κ1) is 11.6. The van der Waals surface area contributed by atoms with Gasteiger partial charge in [0.2, 0.25) is 0 Å². The Hall–Kier alpha value is -0.910. The number of benzene rings is 1. The zero-order valence-corrected chi connectivity index (χ0v) is 9.83. The summed E-state index contributed by atoms with van der Waals surface area (Å²) in [6, 6.07) is 4.90. The minimum atomic E-state index is -4.14. The van der Waals surface area contributed by atoms with Crippen LogP contribution in [0.3, 0.4) is 0 Å². The van der Waals surface area contributed by atoms with Crippen LogP contribution in [0.5, 0.6) is 0 Å². The Kier molecular flexibility index (Phi) is 3.01. The van der Waals surface area contributed by atoms with Gasteiger partial charge in [-0.05, 0) is 25.0 Å². The second-order valence-electron chi connectivity index (χ2n) is 4.07. The standard InChI is InChI=1S/C11H14O4S/c1-8-2-3-11(16(12,13)14)9(6-8)7-10-4-5-15-10/h2-3,6,10H,4-5,7H2,1H3,(H,12,13,14). The molecule has 0 spiro atoms. The number of hydrogen-bond acceptors (Lipinski definition) is 3. The number of aryl methyl sites for hydroxylation is 1. The molecule has 88 valence electrons. The van der Waals surface area contributed by atoms with E-state index in [1.165, 1.54) is 6.07 Å². The molecule has 1 fully saturated rings. The van der Waals surface area contributed by atoms with Gasteiger partial charge < -0.3 is 4.74 Å². The van der Waals surface area contributed by atoms with Gasteiger partial charge in [-0.3, -0.25) is 4.55 Å². The predicted molar refractivity (Wildman–Crippen MR) is 59.1 cm³/mol. The van der Waals surface area contributed by atoms with Gasteiger partial charge in [0, 0.05) is 13.0 Å². The second-order valence-corrected chi connectivity index (χ2v) is 5.46. The lowest BCUT2D eigenvalue weighted by atomic mass is 10.0. The maximum absolute atomic E-state index is 11.2. The van der Waals surface area contributed by atoms with E-state index in [9.17, 15) is 8.42 Å². The van der Waals surface area contributed by atoms with Gasteiger partial charge in [-0.1, -0.05) is 17.7 Å². The highest BCUT2D eigenvalue weighted by molar-refractivity contribution is 7.85. The van der Waals surface area contributed by atoms with Crippen molar-refractivity contribution in [3.63, 3.8) is 0 Å². The van der Waals surface area contributed by atoms with Crippen LogP contribution in [0.2, 0.25) is 0 Å². The molecule has 1 unspecified atom stereocenters. The first-order chi connectivity index (χ1) is 7.47. The zero-order chi connectivity index (χ0) is 11.8. The molecular formula is C11H14O4S. The van der Waals surface area contributed by atoms with Gasteiger partial charge in [0.25, 0.3) is 10.1 Å². The van der Waals surface area contributed by atoms with E-state index >= 15 is 0 Å². The Labute approximate surface area is 95.0 Å². The van der Waals surface area contributed by atoms with Crippen molar-refractivity contribution >= 4 is 10.1 Å². The molecule has 16 heavy (non-hydrogen) atoms. The van der Waals surface area contributed by atoms with Gasteiger partial charge >= 0.3 is 0 Å². The Bertz CT molecular complexity index is 489. The van der Waals surface area contributed by atoms with Crippen molar-refractivity contribution in [2.75, 3.05) is 6.61 Å². The summed E-state index contributed by atoms with van der Waals surface area (Å²) in [5.74, 6) is 0. The van der Waals surface area contributed by atoms with E-state index in [0.29, 0.717) is 12.0 Å². The summed E-state index contributed by atoms with van der Waals surface area (Å²) < 4.78 is 36.7. The topological polar surface area (TPSA) is 63.6 Å². The Morgan fingerprint density at radius 1 is 1.50 bits per heavy atom. The summed E-state index contributed by atoms with van der Waals surface area (Å²) in [4.78, 5) is -0.00593. The fourth-order valence-corrected chi connectivity index (χ4v) is 2.52. The molecule has 1 aliphatic rings. The minimum absolute atomic E-state index is 0.00593. The molecule has 0 aliphatic carbocycles. The van der Waals surface area contributed by atoms with Crippen LogP contribution in [0, 0.1) is 6.92 Å². The van der Waals surface area contributed by atoms with Crippen LogP contribution >= 0.6 is 0 Å². The highest BCUT2D eigenvalue weighted by Crippen LogP contribution is 2.23. The quantitative estimate of drug-likeness (QED) is 0.817. The molecule has 0 bridgehead atoms. The fourth-order valence-electron chi connectivity index (χ4n) is 1.81. The van der Waals surface area contributed by atoms with Crippen molar-refractivity contribution in [1.82, 2.24) is 0 Å². The maximum Gasteiger partial charge on any atom is 0.294 e. The molecule has 1 heterocycles. The van der Waals surface area contributed by atoms with Gasteiger partial charge in [0.05, 0.1) is 11.0 Å². The molecule has 1 aromatic carbocycles. The van der Waals surface area contributed by atoms with Crippen molar-refractivity contribution in [2.24, 2.45) is 0 Å². The molecule has 1 atom stereocenters. The summed E-state index contributed by atoms with van der Waals surface area (Å²) in [7, 11) is -4.14. The first-order valence-corrected chi connectivity index (χ1v) is 6.59. The third kappa shape index (κ3) is 2.42. The normalized spacial score (nSPS) is 20.5. The number of hydrogen-bond donors (Lipinski definition) is 1. The maximum atomic E-state index is 11.2. The smallest absolute Gasteiger partial charge is 0.294 e. The molecule has 1 aromatic rings. The fraction of sp³-hybridized carbons (Fsp3) is 0.455. The Morgan fingerprint density at radius 3 is 2.69 bits per heavy atom. The third-order valence-corrected chi connectivity index (χ3v) is 3.69. The van der Waals surface area contributed by atoms with Crippen LogP contribution in [-0.4, -0.2) is 25.7 Å². The molecule has 0 aromatic heterocycles. The molecular weight excluding hydrogens is 228 g/mol. The third-order valence-electron chi connectivity index (χ3n) is 2.73. The molecule has 1 saturated heterocycles. The molecule has 1 aliphatic heterocycles. The summed E-state index contributed by atoms with van der Waals surface area (Å²) in [6.45, 7) is 2.62. The van der Waals surface area contributed by atoms with E-state index in [-0.39, 0.29) is 11.0 Å². The lowest BCUT2D eigenvalue weighted by molar-refractivity contribution is -0.0495. The van der Waals surface area contributed by atoms with Crippen molar-refractivity contribution in [3.8, 4) is 0 Å². The second kappa shape index (κ2) is 4.16. The largest absolute Gasteiger partial charge is 0.378 e. The van der Waals surface area contributed by atoms with Crippen molar-refractivity contribution in [3.05, 3.63) is 29.3 Å². The first-order valence-electron chi connectivity index (χ1n) is 5.15. The predicted octanol–water partition coefficient (Wildman–Crippen LogP) is 1.57. The highest BCUT2D eigenvalue weighted by Gasteiger charge is 2.23. The minimum Gasteiger partial charge on any atom is -0.378 e. The van der Waals surface area contributed by atoms with Gasteiger partial charge in [-0.15, -0.1) is 0 Å². The van der Waals surface area contributed by atoms with E-state index in [2.05, 4.69) is 0 Å². The monoisotopic (exact) mass is 242 g/mol. The number of rotatable bonds is 3. The van der Waals surface area contributed by atoms with Crippen molar-refractivity contribution < 1.29 is 17.7 Å². The zero-order valence-electron chi connectivity index (χ0n) is 9.01. The average molecular weight is 242 g/mol. The Balaban J connectivity index is 2.35. The molecule has 5 heteroatoms. The SMILES string of the molecule is Cc1ccc(S(=O)(=O)O)c(CC2CCO2)c1. The van der Waals surface area contributed by atoms with Gasteiger partial charge in [0.1, 0.15) is 0 Å². The van der Waals surface area contributed by atoms with Crippen molar-refractivity contribution in [2.45, 2.75) is 30.8 Å². The van der Waals surface area contributed by atoms with E-state index in [1.54, 1.807) is 12.1 Å². The van der Waals surface area contributed by atoms with Gasteiger partial charge in [-0.2, -0.15) is 8.42 Å². The van der Waals surface area contributed by atoms with Crippen molar-refractivity contribution in [1.29, 1.82) is 0 Å². The summed E-state index contributed by atoms with van der Waals surface area (Å²) in [6.07, 6.45) is 1.57. The molecule has 0 saturated carbocycles. The van der Waals surface area contributed by atoms with Crippen LogP contribution in [0.1, 0.15) is 17.5 Å².